The second-order valence-corrected chi connectivity index (χ2v) is 6.48. The first-order chi connectivity index (χ1) is 13.6. The van der Waals surface area contributed by atoms with Gasteiger partial charge in [0.15, 0.2) is 11.5 Å². The molecule has 0 spiro atoms. The zero-order chi connectivity index (χ0) is 19.9. The van der Waals surface area contributed by atoms with Crippen LogP contribution in [0.25, 0.3) is 0 Å². The number of benzene rings is 2. The van der Waals surface area contributed by atoms with Crippen molar-refractivity contribution in [1.29, 1.82) is 0 Å². The molecule has 3 rings (SSSR count). The summed E-state index contributed by atoms with van der Waals surface area (Å²) in [5, 5.41) is 5.50. The summed E-state index contributed by atoms with van der Waals surface area (Å²) in [6, 6.07) is 14.1. The van der Waals surface area contributed by atoms with Crippen molar-refractivity contribution in [2.45, 2.75) is 25.5 Å². The molecule has 0 radical (unpaired) electrons. The van der Waals surface area contributed by atoms with E-state index >= 15 is 0 Å². The van der Waals surface area contributed by atoms with Crippen LogP contribution < -0.4 is 24.8 Å². The summed E-state index contributed by atoms with van der Waals surface area (Å²) in [4.78, 5) is 24.6. The van der Waals surface area contributed by atoms with Crippen molar-refractivity contribution < 1.29 is 23.8 Å². The molecule has 1 aliphatic rings. The Balaban J connectivity index is 1.43. The lowest BCUT2D eigenvalue weighted by Crippen LogP contribution is -2.51. The van der Waals surface area contributed by atoms with E-state index in [1.165, 1.54) is 0 Å². The second-order valence-electron chi connectivity index (χ2n) is 6.48. The van der Waals surface area contributed by atoms with Crippen LogP contribution in [-0.2, 0) is 16.0 Å². The number of hydrogen-bond donors (Lipinski definition) is 2. The Morgan fingerprint density at radius 3 is 2.57 bits per heavy atom. The van der Waals surface area contributed by atoms with Crippen LogP contribution in [-0.4, -0.2) is 44.2 Å². The Morgan fingerprint density at radius 2 is 1.86 bits per heavy atom. The van der Waals surface area contributed by atoms with Crippen LogP contribution in [0.1, 0.15) is 12.5 Å². The van der Waals surface area contributed by atoms with Crippen LogP contribution in [0.15, 0.2) is 48.5 Å². The van der Waals surface area contributed by atoms with E-state index in [-0.39, 0.29) is 18.4 Å². The van der Waals surface area contributed by atoms with Crippen molar-refractivity contribution in [2.75, 3.05) is 20.3 Å². The molecule has 2 aromatic carbocycles. The average molecular weight is 384 g/mol. The Morgan fingerprint density at radius 1 is 1.14 bits per heavy atom. The molecular weight excluding hydrogens is 360 g/mol. The van der Waals surface area contributed by atoms with E-state index in [1.807, 2.05) is 30.3 Å². The molecular formula is C21H24N2O5. The first kappa shape index (κ1) is 19.5. The minimum absolute atomic E-state index is 0.106. The molecule has 0 fully saturated rings. The number of carbonyl (C=O) groups is 2. The fraction of sp³-hybridized carbons (Fsp3) is 0.333. The maximum Gasteiger partial charge on any atom is 0.265 e. The molecule has 0 aromatic heterocycles. The molecule has 7 heteroatoms. The number of nitrogens with one attached hydrogen (secondary N) is 2. The van der Waals surface area contributed by atoms with Gasteiger partial charge in [-0.05, 0) is 43.2 Å². The van der Waals surface area contributed by atoms with Crippen LogP contribution in [0.2, 0.25) is 0 Å². The molecule has 1 heterocycles. The SMILES string of the molecule is COc1ccc(CCNC(=O)[C@H](C)NC(=O)C2COc3ccccc3O2)cc1. The number of fused-ring (bicyclic) bond motifs is 1. The fourth-order valence-corrected chi connectivity index (χ4v) is 2.80. The van der Waals surface area contributed by atoms with Gasteiger partial charge in [0.2, 0.25) is 12.0 Å². The van der Waals surface area contributed by atoms with Crippen LogP contribution in [0.4, 0.5) is 0 Å². The van der Waals surface area contributed by atoms with Gasteiger partial charge in [0.1, 0.15) is 18.4 Å². The van der Waals surface area contributed by atoms with Crippen LogP contribution >= 0.6 is 0 Å². The lowest BCUT2D eigenvalue weighted by molar-refractivity contribution is -0.134. The predicted molar refractivity (Wildman–Crippen MR) is 104 cm³/mol. The lowest BCUT2D eigenvalue weighted by Gasteiger charge is -2.26. The number of amides is 2. The number of carbonyl (C=O) groups excluding carboxylic acids is 2. The molecule has 28 heavy (non-hydrogen) atoms. The highest BCUT2D eigenvalue weighted by molar-refractivity contribution is 5.89. The summed E-state index contributed by atoms with van der Waals surface area (Å²) in [7, 11) is 1.62. The topological polar surface area (TPSA) is 85.9 Å². The minimum atomic E-state index is -0.788. The van der Waals surface area contributed by atoms with E-state index in [1.54, 1.807) is 32.2 Å². The van der Waals surface area contributed by atoms with Gasteiger partial charge in [-0.25, -0.2) is 0 Å². The summed E-state index contributed by atoms with van der Waals surface area (Å²) in [5.74, 6) is 1.29. The minimum Gasteiger partial charge on any atom is -0.497 e. The third-order valence-corrected chi connectivity index (χ3v) is 4.43. The molecule has 2 atom stereocenters. The normalized spacial score (nSPS) is 16.0. The summed E-state index contributed by atoms with van der Waals surface area (Å²) in [6.07, 6.45) is -0.100. The van der Waals surface area contributed by atoms with Crippen LogP contribution in [0, 0.1) is 0 Å². The van der Waals surface area contributed by atoms with E-state index in [2.05, 4.69) is 10.6 Å². The molecule has 2 N–H and O–H groups in total. The van der Waals surface area contributed by atoms with Gasteiger partial charge >= 0.3 is 0 Å². The number of methoxy groups -OCH3 is 1. The van der Waals surface area contributed by atoms with Gasteiger partial charge in [0.05, 0.1) is 7.11 Å². The van der Waals surface area contributed by atoms with Crippen molar-refractivity contribution in [3.05, 3.63) is 54.1 Å². The van der Waals surface area contributed by atoms with E-state index in [0.717, 1.165) is 11.3 Å². The van der Waals surface area contributed by atoms with E-state index in [4.69, 9.17) is 14.2 Å². The van der Waals surface area contributed by atoms with Crippen LogP contribution in [0.5, 0.6) is 17.2 Å². The number of para-hydroxylation sites is 2. The van der Waals surface area contributed by atoms with Gasteiger partial charge < -0.3 is 24.8 Å². The maximum absolute atomic E-state index is 12.4. The molecule has 0 bridgehead atoms. The molecule has 1 unspecified atom stereocenters. The molecule has 148 valence electrons. The van der Waals surface area contributed by atoms with Gasteiger partial charge in [0, 0.05) is 6.54 Å². The van der Waals surface area contributed by atoms with E-state index in [0.29, 0.717) is 24.5 Å². The third-order valence-electron chi connectivity index (χ3n) is 4.43. The summed E-state index contributed by atoms with van der Waals surface area (Å²) < 4.78 is 16.3. The van der Waals surface area contributed by atoms with Gasteiger partial charge in [0.25, 0.3) is 5.91 Å². The Kier molecular flexibility index (Phi) is 6.37. The Hall–Kier alpha value is -3.22. The molecule has 1 aliphatic heterocycles. The number of hydrogen-bond acceptors (Lipinski definition) is 5. The standard InChI is InChI=1S/C21H24N2O5/c1-14(20(24)22-12-11-15-7-9-16(26-2)10-8-15)23-21(25)19-13-27-17-5-3-4-6-18(17)28-19/h3-10,14,19H,11-13H2,1-2H3,(H,22,24)(H,23,25)/t14-,19?/m0/s1. The van der Waals surface area contributed by atoms with Crippen molar-refractivity contribution in [2.24, 2.45) is 0 Å². The smallest absolute Gasteiger partial charge is 0.265 e. The fourth-order valence-electron chi connectivity index (χ4n) is 2.80. The first-order valence-electron chi connectivity index (χ1n) is 9.16. The number of ether oxygens (including phenoxy) is 3. The Labute approximate surface area is 164 Å². The van der Waals surface area contributed by atoms with Crippen molar-refractivity contribution in [3.8, 4) is 17.2 Å². The highest BCUT2D eigenvalue weighted by Crippen LogP contribution is 2.30. The maximum atomic E-state index is 12.4. The number of rotatable bonds is 7. The Bertz CT molecular complexity index is 822. The monoisotopic (exact) mass is 384 g/mol. The highest BCUT2D eigenvalue weighted by atomic mass is 16.6. The summed E-state index contributed by atoms with van der Waals surface area (Å²) in [5.41, 5.74) is 1.09. The van der Waals surface area contributed by atoms with Crippen molar-refractivity contribution in [3.63, 3.8) is 0 Å². The summed E-state index contributed by atoms with van der Waals surface area (Å²) in [6.45, 7) is 2.22. The second kappa shape index (κ2) is 9.12. The third kappa shape index (κ3) is 4.94. The first-order valence-corrected chi connectivity index (χ1v) is 9.16. The van der Waals surface area contributed by atoms with E-state index in [9.17, 15) is 9.59 Å². The molecule has 2 aromatic rings. The van der Waals surface area contributed by atoms with Gasteiger partial charge in [-0.1, -0.05) is 24.3 Å². The quantitative estimate of drug-likeness (QED) is 0.759. The van der Waals surface area contributed by atoms with Gasteiger partial charge in [-0.15, -0.1) is 0 Å². The van der Waals surface area contributed by atoms with Gasteiger partial charge in [-0.3, -0.25) is 9.59 Å². The molecule has 0 saturated carbocycles. The zero-order valence-electron chi connectivity index (χ0n) is 15.9. The lowest BCUT2D eigenvalue weighted by atomic mass is 10.1. The van der Waals surface area contributed by atoms with Crippen molar-refractivity contribution in [1.82, 2.24) is 10.6 Å². The zero-order valence-corrected chi connectivity index (χ0v) is 15.9. The van der Waals surface area contributed by atoms with Crippen molar-refractivity contribution >= 4 is 11.8 Å². The van der Waals surface area contributed by atoms with E-state index < -0.39 is 12.1 Å². The molecule has 0 aliphatic carbocycles. The highest BCUT2D eigenvalue weighted by Gasteiger charge is 2.29. The molecule has 0 saturated heterocycles. The average Bonchev–Trinajstić information content (AvgIpc) is 2.73. The summed E-state index contributed by atoms with van der Waals surface area (Å²) >= 11 is 0. The van der Waals surface area contributed by atoms with Gasteiger partial charge in [-0.2, -0.15) is 0 Å². The molecule has 7 nitrogen and oxygen atoms in total. The van der Waals surface area contributed by atoms with Crippen LogP contribution in [0.3, 0.4) is 0 Å². The molecule has 2 amide bonds. The largest absolute Gasteiger partial charge is 0.497 e. The predicted octanol–water partition coefficient (Wildman–Crippen LogP) is 1.70.